The molecule has 0 bridgehead atoms. The maximum absolute atomic E-state index is 13.4. The largest absolute Gasteiger partial charge is 0.324 e. The summed E-state index contributed by atoms with van der Waals surface area (Å²) in [5, 5.41) is 2.75. The van der Waals surface area contributed by atoms with E-state index in [1.165, 1.54) is 0 Å². The van der Waals surface area contributed by atoms with Gasteiger partial charge in [0.15, 0.2) is 5.78 Å². The van der Waals surface area contributed by atoms with E-state index in [2.05, 4.69) is 5.32 Å². The van der Waals surface area contributed by atoms with Gasteiger partial charge in [0.2, 0.25) is 5.91 Å². The maximum atomic E-state index is 13.4. The van der Waals surface area contributed by atoms with Crippen molar-refractivity contribution in [2.75, 3.05) is 5.32 Å². The van der Waals surface area contributed by atoms with Gasteiger partial charge in [0.25, 0.3) is 0 Å². The number of rotatable bonds is 5. The number of hydrogen-bond acceptors (Lipinski definition) is 2. The van der Waals surface area contributed by atoms with Gasteiger partial charge in [0.1, 0.15) is 11.6 Å². The molecule has 2 aromatic carbocycles. The highest BCUT2D eigenvalue weighted by Crippen LogP contribution is 2.16. The van der Waals surface area contributed by atoms with Crippen LogP contribution in [0, 0.1) is 11.6 Å². The van der Waals surface area contributed by atoms with Crippen molar-refractivity contribution < 1.29 is 18.4 Å². The summed E-state index contributed by atoms with van der Waals surface area (Å²) < 4.78 is 26.4. The molecule has 0 saturated carbocycles. The maximum Gasteiger partial charge on any atom is 0.224 e. The Labute approximate surface area is 130 Å². The number of Topliss-reactive ketones (excluding diaryl/α,β-unsaturated/α-hetero) is 1. The molecule has 0 heterocycles. The third kappa shape index (κ3) is 4.36. The molecular weight excluding hydrogens is 312 g/mol. The molecule has 0 fully saturated rings. The number of halogens is 3. The van der Waals surface area contributed by atoms with Crippen LogP contribution in [-0.2, 0) is 4.79 Å². The number of hydrogen-bond donors (Lipinski definition) is 1. The van der Waals surface area contributed by atoms with Crippen molar-refractivity contribution in [1.82, 2.24) is 0 Å². The summed E-state index contributed by atoms with van der Waals surface area (Å²) in [7, 11) is 0. The predicted octanol–water partition coefficient (Wildman–Crippen LogP) is 4.22. The Hall–Kier alpha value is -2.27. The van der Waals surface area contributed by atoms with E-state index in [0.29, 0.717) is 10.6 Å². The second-order valence-electron chi connectivity index (χ2n) is 4.60. The lowest BCUT2D eigenvalue weighted by Gasteiger charge is -2.06. The fraction of sp³-hybridized carbons (Fsp3) is 0.125. The van der Waals surface area contributed by atoms with Crippen LogP contribution in [0.3, 0.4) is 0 Å². The Bertz CT molecular complexity index is 702. The van der Waals surface area contributed by atoms with Crippen molar-refractivity contribution >= 4 is 29.0 Å². The number of ketones is 1. The molecule has 0 spiro atoms. The average molecular weight is 324 g/mol. The zero-order valence-corrected chi connectivity index (χ0v) is 12.2. The van der Waals surface area contributed by atoms with Crippen LogP contribution in [0.1, 0.15) is 23.2 Å². The van der Waals surface area contributed by atoms with Crippen LogP contribution in [0.25, 0.3) is 0 Å². The first-order valence-electron chi connectivity index (χ1n) is 6.49. The molecule has 1 amide bonds. The number of benzene rings is 2. The fourth-order valence-electron chi connectivity index (χ4n) is 1.81. The fourth-order valence-corrected chi connectivity index (χ4v) is 1.94. The minimum atomic E-state index is -0.737. The Balaban J connectivity index is 1.91. The van der Waals surface area contributed by atoms with Crippen molar-refractivity contribution in [3.63, 3.8) is 0 Å². The van der Waals surface area contributed by atoms with Crippen LogP contribution in [0.2, 0.25) is 5.02 Å². The standard InChI is InChI=1S/C16H12ClF2NO2/c17-11-3-1-10(2-4-11)15(21)7-8-16(22)20-14-9-12(18)5-6-13(14)19/h1-6,9H,7-8H2,(H,20,22). The average Bonchev–Trinajstić information content (AvgIpc) is 2.49. The molecule has 22 heavy (non-hydrogen) atoms. The summed E-state index contributed by atoms with van der Waals surface area (Å²) >= 11 is 5.72. The summed E-state index contributed by atoms with van der Waals surface area (Å²) in [4.78, 5) is 23.6. The highest BCUT2D eigenvalue weighted by atomic mass is 35.5. The van der Waals surface area contributed by atoms with Crippen LogP contribution in [0.4, 0.5) is 14.5 Å². The smallest absolute Gasteiger partial charge is 0.224 e. The normalized spacial score (nSPS) is 10.3. The highest BCUT2D eigenvalue weighted by molar-refractivity contribution is 6.30. The van der Waals surface area contributed by atoms with E-state index in [0.717, 1.165) is 18.2 Å². The van der Waals surface area contributed by atoms with Crippen LogP contribution in [0.15, 0.2) is 42.5 Å². The van der Waals surface area contributed by atoms with Crippen molar-refractivity contribution in [3.05, 3.63) is 64.7 Å². The topological polar surface area (TPSA) is 46.2 Å². The molecule has 1 N–H and O–H groups in total. The zero-order valence-electron chi connectivity index (χ0n) is 11.4. The number of amides is 1. The van der Waals surface area contributed by atoms with E-state index >= 15 is 0 Å². The Morgan fingerprint density at radius 2 is 1.68 bits per heavy atom. The lowest BCUT2D eigenvalue weighted by molar-refractivity contribution is -0.116. The summed E-state index contributed by atoms with van der Waals surface area (Å²) in [6, 6.07) is 9.05. The molecule has 0 radical (unpaired) electrons. The SMILES string of the molecule is O=C(CCC(=O)c1ccc(Cl)cc1)Nc1cc(F)ccc1F. The van der Waals surface area contributed by atoms with Gasteiger partial charge in [-0.3, -0.25) is 9.59 Å². The van der Waals surface area contributed by atoms with Gasteiger partial charge in [0.05, 0.1) is 5.69 Å². The van der Waals surface area contributed by atoms with Crippen molar-refractivity contribution in [1.29, 1.82) is 0 Å². The first-order valence-corrected chi connectivity index (χ1v) is 6.87. The van der Waals surface area contributed by atoms with Gasteiger partial charge in [0, 0.05) is 29.5 Å². The molecule has 0 saturated heterocycles. The number of carbonyl (C=O) groups is 2. The van der Waals surface area contributed by atoms with Crippen molar-refractivity contribution in [2.45, 2.75) is 12.8 Å². The quantitative estimate of drug-likeness (QED) is 0.837. The van der Waals surface area contributed by atoms with Crippen LogP contribution in [0.5, 0.6) is 0 Å². The molecule has 2 rings (SSSR count). The molecule has 0 unspecified atom stereocenters. The first-order chi connectivity index (χ1) is 10.5. The summed E-state index contributed by atoms with van der Waals surface area (Å²) in [5.74, 6) is -2.19. The Morgan fingerprint density at radius 1 is 1.00 bits per heavy atom. The van der Waals surface area contributed by atoms with E-state index < -0.39 is 17.5 Å². The van der Waals surface area contributed by atoms with Crippen LogP contribution < -0.4 is 5.32 Å². The van der Waals surface area contributed by atoms with E-state index in [4.69, 9.17) is 11.6 Å². The molecule has 0 atom stereocenters. The van der Waals surface area contributed by atoms with Gasteiger partial charge in [-0.15, -0.1) is 0 Å². The second kappa shape index (κ2) is 7.13. The van der Waals surface area contributed by atoms with Gasteiger partial charge in [-0.25, -0.2) is 8.78 Å². The van der Waals surface area contributed by atoms with Crippen molar-refractivity contribution in [3.8, 4) is 0 Å². The zero-order chi connectivity index (χ0) is 16.1. The summed E-state index contributed by atoms with van der Waals surface area (Å²) in [6.45, 7) is 0. The lowest BCUT2D eigenvalue weighted by Crippen LogP contribution is -2.14. The predicted molar refractivity (Wildman–Crippen MR) is 80.0 cm³/mol. The van der Waals surface area contributed by atoms with E-state index in [1.54, 1.807) is 24.3 Å². The Kier molecular flexibility index (Phi) is 5.22. The van der Waals surface area contributed by atoms with Crippen molar-refractivity contribution in [2.24, 2.45) is 0 Å². The highest BCUT2D eigenvalue weighted by Gasteiger charge is 2.11. The molecule has 2 aromatic rings. The van der Waals surface area contributed by atoms with Gasteiger partial charge < -0.3 is 5.32 Å². The van der Waals surface area contributed by atoms with E-state index in [9.17, 15) is 18.4 Å². The molecule has 3 nitrogen and oxygen atoms in total. The molecular formula is C16H12ClF2NO2. The molecule has 0 aliphatic rings. The van der Waals surface area contributed by atoms with Crippen LogP contribution in [-0.4, -0.2) is 11.7 Å². The third-order valence-electron chi connectivity index (χ3n) is 2.95. The molecule has 0 aliphatic heterocycles. The van der Waals surface area contributed by atoms with E-state index in [1.807, 2.05) is 0 Å². The molecule has 0 aromatic heterocycles. The van der Waals surface area contributed by atoms with Gasteiger partial charge in [-0.2, -0.15) is 0 Å². The molecule has 0 aliphatic carbocycles. The number of carbonyl (C=O) groups excluding carboxylic acids is 2. The van der Waals surface area contributed by atoms with Gasteiger partial charge >= 0.3 is 0 Å². The minimum absolute atomic E-state index is 0.0373. The summed E-state index contributed by atoms with van der Waals surface area (Å²) in [6.07, 6.45) is -0.165. The van der Waals surface area contributed by atoms with Crippen LogP contribution >= 0.6 is 11.6 Å². The van der Waals surface area contributed by atoms with Gasteiger partial charge in [-0.05, 0) is 36.4 Å². The first kappa shape index (κ1) is 16.1. The van der Waals surface area contributed by atoms with E-state index in [-0.39, 0.29) is 24.3 Å². The molecule has 114 valence electrons. The minimum Gasteiger partial charge on any atom is -0.324 e. The van der Waals surface area contributed by atoms with Gasteiger partial charge in [-0.1, -0.05) is 11.6 Å². The third-order valence-corrected chi connectivity index (χ3v) is 3.20. The second-order valence-corrected chi connectivity index (χ2v) is 5.04. The Morgan fingerprint density at radius 3 is 2.36 bits per heavy atom. The monoisotopic (exact) mass is 323 g/mol. The lowest BCUT2D eigenvalue weighted by atomic mass is 10.1. The molecule has 6 heteroatoms. The number of nitrogens with one attached hydrogen (secondary N) is 1. The number of anilines is 1. The summed E-state index contributed by atoms with van der Waals surface area (Å²) in [5.41, 5.74) is 0.193.